The smallest absolute Gasteiger partial charge is 0.272 e. The van der Waals surface area contributed by atoms with Crippen LogP contribution >= 0.6 is 15.9 Å². The van der Waals surface area contributed by atoms with E-state index in [1.807, 2.05) is 24.3 Å². The molecule has 1 aromatic carbocycles. The van der Waals surface area contributed by atoms with Crippen LogP contribution in [0.5, 0.6) is 0 Å². The van der Waals surface area contributed by atoms with Crippen LogP contribution < -0.4 is 10.6 Å². The number of nitrogens with one attached hydrogen (secondary N) is 3. The number of aromatic nitrogens is 2. The van der Waals surface area contributed by atoms with Crippen LogP contribution in [0.2, 0.25) is 0 Å². The highest BCUT2D eigenvalue weighted by Crippen LogP contribution is 2.15. The van der Waals surface area contributed by atoms with Crippen molar-refractivity contribution in [3.05, 3.63) is 51.3 Å². The second-order valence-electron chi connectivity index (χ2n) is 4.77. The molecule has 0 bridgehead atoms. The molecule has 0 fully saturated rings. The first-order chi connectivity index (χ1) is 9.74. The second kappa shape index (κ2) is 5.76. The highest BCUT2D eigenvalue weighted by molar-refractivity contribution is 9.10. The van der Waals surface area contributed by atoms with Crippen LogP contribution in [0.4, 0.5) is 0 Å². The number of halogens is 1. The van der Waals surface area contributed by atoms with E-state index >= 15 is 0 Å². The van der Waals surface area contributed by atoms with E-state index in [9.17, 15) is 4.79 Å². The molecule has 3 rings (SSSR count). The summed E-state index contributed by atoms with van der Waals surface area (Å²) in [6, 6.07) is 7.88. The molecule has 0 atom stereocenters. The van der Waals surface area contributed by atoms with Crippen LogP contribution in [0, 0.1) is 0 Å². The van der Waals surface area contributed by atoms with E-state index in [0.29, 0.717) is 18.8 Å². The van der Waals surface area contributed by atoms with Gasteiger partial charge in [-0.05, 0) is 17.7 Å². The molecular formula is C14H15BrN4O. The number of H-pyrrole nitrogens is 1. The van der Waals surface area contributed by atoms with E-state index in [0.717, 1.165) is 34.3 Å². The van der Waals surface area contributed by atoms with Crippen LogP contribution in [-0.4, -0.2) is 22.6 Å². The molecule has 3 N–H and O–H groups in total. The number of carbonyl (C=O) groups excluding carboxylic acids is 1. The highest BCUT2D eigenvalue weighted by atomic mass is 79.9. The number of amides is 1. The zero-order chi connectivity index (χ0) is 13.9. The molecule has 1 amide bonds. The summed E-state index contributed by atoms with van der Waals surface area (Å²) < 4.78 is 1.03. The average Bonchev–Trinajstić information content (AvgIpc) is 2.90. The first-order valence-corrected chi connectivity index (χ1v) is 7.33. The van der Waals surface area contributed by atoms with Gasteiger partial charge in [0.15, 0.2) is 5.69 Å². The average molecular weight is 335 g/mol. The number of nitrogens with zero attached hydrogens (tertiary/aromatic N) is 1. The van der Waals surface area contributed by atoms with Crippen molar-refractivity contribution >= 4 is 21.8 Å². The van der Waals surface area contributed by atoms with Gasteiger partial charge >= 0.3 is 0 Å². The SMILES string of the molecule is O=C(NCc1ccc(Br)cc1)c1n[nH]c2c1CNCC2. The number of rotatable bonds is 3. The fourth-order valence-electron chi connectivity index (χ4n) is 2.28. The lowest BCUT2D eigenvalue weighted by Crippen LogP contribution is -2.28. The zero-order valence-electron chi connectivity index (χ0n) is 10.9. The Morgan fingerprint density at radius 2 is 2.15 bits per heavy atom. The maximum Gasteiger partial charge on any atom is 0.272 e. The van der Waals surface area contributed by atoms with Gasteiger partial charge in [-0.2, -0.15) is 5.10 Å². The summed E-state index contributed by atoms with van der Waals surface area (Å²) in [4.78, 5) is 12.2. The van der Waals surface area contributed by atoms with Crippen LogP contribution in [0.25, 0.3) is 0 Å². The maximum absolute atomic E-state index is 12.2. The van der Waals surface area contributed by atoms with Gasteiger partial charge in [0, 0.05) is 41.8 Å². The van der Waals surface area contributed by atoms with Gasteiger partial charge in [0.1, 0.15) is 0 Å². The maximum atomic E-state index is 12.2. The fourth-order valence-corrected chi connectivity index (χ4v) is 2.55. The second-order valence-corrected chi connectivity index (χ2v) is 5.68. The molecule has 5 nitrogen and oxygen atoms in total. The van der Waals surface area contributed by atoms with Crippen molar-refractivity contribution < 1.29 is 4.79 Å². The largest absolute Gasteiger partial charge is 0.347 e. The Bertz CT molecular complexity index is 621. The van der Waals surface area contributed by atoms with E-state index in [1.165, 1.54) is 0 Å². The summed E-state index contributed by atoms with van der Waals surface area (Å²) in [6.07, 6.45) is 0.891. The summed E-state index contributed by atoms with van der Waals surface area (Å²) >= 11 is 3.39. The molecular weight excluding hydrogens is 320 g/mol. The van der Waals surface area contributed by atoms with Crippen molar-refractivity contribution in [2.24, 2.45) is 0 Å². The lowest BCUT2D eigenvalue weighted by molar-refractivity contribution is 0.0944. The van der Waals surface area contributed by atoms with E-state index in [2.05, 4.69) is 36.8 Å². The Kier molecular flexibility index (Phi) is 3.84. The Hall–Kier alpha value is -1.66. The Morgan fingerprint density at radius 1 is 1.35 bits per heavy atom. The third-order valence-electron chi connectivity index (χ3n) is 3.39. The molecule has 20 heavy (non-hydrogen) atoms. The summed E-state index contributed by atoms with van der Waals surface area (Å²) in [5.74, 6) is -0.130. The minimum atomic E-state index is -0.130. The monoisotopic (exact) mass is 334 g/mol. The van der Waals surface area contributed by atoms with Crippen molar-refractivity contribution in [3.63, 3.8) is 0 Å². The molecule has 0 aliphatic carbocycles. The summed E-state index contributed by atoms with van der Waals surface area (Å²) in [5.41, 5.74) is 3.62. The number of aromatic amines is 1. The van der Waals surface area contributed by atoms with Gasteiger partial charge in [0.25, 0.3) is 5.91 Å². The quantitative estimate of drug-likeness (QED) is 0.800. The molecule has 0 saturated heterocycles. The Morgan fingerprint density at radius 3 is 2.95 bits per heavy atom. The molecule has 1 aromatic heterocycles. The predicted molar refractivity (Wildman–Crippen MR) is 79.3 cm³/mol. The first-order valence-electron chi connectivity index (χ1n) is 6.53. The number of hydrogen-bond acceptors (Lipinski definition) is 3. The predicted octanol–water partition coefficient (Wildman–Crippen LogP) is 1.75. The van der Waals surface area contributed by atoms with Gasteiger partial charge in [-0.1, -0.05) is 28.1 Å². The van der Waals surface area contributed by atoms with Crippen molar-refractivity contribution in [1.29, 1.82) is 0 Å². The van der Waals surface area contributed by atoms with Crippen LogP contribution in [0.15, 0.2) is 28.7 Å². The van der Waals surface area contributed by atoms with Gasteiger partial charge in [0.2, 0.25) is 0 Å². The van der Waals surface area contributed by atoms with Crippen molar-refractivity contribution in [3.8, 4) is 0 Å². The molecule has 1 aliphatic heterocycles. The van der Waals surface area contributed by atoms with E-state index in [4.69, 9.17) is 0 Å². The summed E-state index contributed by atoms with van der Waals surface area (Å²) in [5, 5.41) is 13.3. The normalized spacial score (nSPS) is 13.8. The Balaban J connectivity index is 1.67. The topological polar surface area (TPSA) is 69.8 Å². The number of benzene rings is 1. The molecule has 104 valence electrons. The molecule has 0 radical (unpaired) electrons. The summed E-state index contributed by atoms with van der Waals surface area (Å²) in [7, 11) is 0. The molecule has 0 unspecified atom stereocenters. The zero-order valence-corrected chi connectivity index (χ0v) is 12.5. The van der Waals surface area contributed by atoms with E-state index in [1.54, 1.807) is 0 Å². The fraction of sp³-hybridized carbons (Fsp3) is 0.286. The molecule has 6 heteroatoms. The van der Waals surface area contributed by atoms with E-state index < -0.39 is 0 Å². The van der Waals surface area contributed by atoms with Crippen molar-refractivity contribution in [1.82, 2.24) is 20.8 Å². The molecule has 1 aliphatic rings. The number of hydrogen-bond donors (Lipinski definition) is 3. The van der Waals surface area contributed by atoms with Crippen LogP contribution in [0.1, 0.15) is 27.3 Å². The Labute approximate surface area is 125 Å². The highest BCUT2D eigenvalue weighted by Gasteiger charge is 2.21. The third kappa shape index (κ3) is 2.76. The van der Waals surface area contributed by atoms with E-state index in [-0.39, 0.29) is 5.91 Å². The molecule has 0 saturated carbocycles. The lowest BCUT2D eigenvalue weighted by atomic mass is 10.1. The van der Waals surface area contributed by atoms with Gasteiger partial charge in [0.05, 0.1) is 0 Å². The molecule has 0 spiro atoms. The standard InChI is InChI=1S/C14H15BrN4O/c15-10-3-1-9(2-4-10)7-17-14(20)13-11-8-16-6-5-12(11)18-19-13/h1-4,16H,5-8H2,(H,17,20)(H,18,19). The minimum Gasteiger partial charge on any atom is -0.347 e. The van der Waals surface area contributed by atoms with Crippen LogP contribution in [-0.2, 0) is 19.5 Å². The third-order valence-corrected chi connectivity index (χ3v) is 3.92. The van der Waals surface area contributed by atoms with Crippen molar-refractivity contribution in [2.75, 3.05) is 6.54 Å². The van der Waals surface area contributed by atoms with Crippen molar-refractivity contribution in [2.45, 2.75) is 19.5 Å². The minimum absolute atomic E-state index is 0.130. The first kappa shape index (κ1) is 13.3. The summed E-state index contributed by atoms with van der Waals surface area (Å²) in [6.45, 7) is 2.13. The van der Waals surface area contributed by atoms with Gasteiger partial charge in [-0.3, -0.25) is 9.89 Å². The van der Waals surface area contributed by atoms with Crippen LogP contribution in [0.3, 0.4) is 0 Å². The van der Waals surface area contributed by atoms with Gasteiger partial charge in [-0.25, -0.2) is 0 Å². The number of fused-ring (bicyclic) bond motifs is 1. The molecule has 2 heterocycles. The van der Waals surface area contributed by atoms with Gasteiger partial charge in [-0.15, -0.1) is 0 Å². The lowest BCUT2D eigenvalue weighted by Gasteiger charge is -2.12. The molecule has 2 aromatic rings. The number of carbonyl (C=O) groups is 1. The van der Waals surface area contributed by atoms with Gasteiger partial charge < -0.3 is 10.6 Å².